The van der Waals surface area contributed by atoms with Gasteiger partial charge in [-0.2, -0.15) is 0 Å². The molecule has 0 aromatic carbocycles. The molecule has 1 aliphatic heterocycles. The highest BCUT2D eigenvalue weighted by molar-refractivity contribution is 5.89. The molecule has 2 atom stereocenters. The zero-order chi connectivity index (χ0) is 15.5. The van der Waals surface area contributed by atoms with Crippen molar-refractivity contribution in [2.75, 3.05) is 6.54 Å². The fourth-order valence-electron chi connectivity index (χ4n) is 2.83. The van der Waals surface area contributed by atoms with E-state index in [9.17, 15) is 9.59 Å². The highest BCUT2D eigenvalue weighted by Gasteiger charge is 2.38. The molecule has 20 heavy (non-hydrogen) atoms. The summed E-state index contributed by atoms with van der Waals surface area (Å²) >= 11 is 0. The Hall–Kier alpha value is -1.10. The third-order valence-electron chi connectivity index (χ3n) is 3.78. The average Bonchev–Trinajstić information content (AvgIpc) is 2.75. The first-order valence-corrected chi connectivity index (χ1v) is 7.49. The van der Waals surface area contributed by atoms with Gasteiger partial charge in [-0.05, 0) is 52.5 Å². The zero-order valence-corrected chi connectivity index (χ0v) is 13.4. The second-order valence-corrected chi connectivity index (χ2v) is 7.12. The number of rotatable bonds is 5. The monoisotopic (exact) mass is 283 g/mol. The highest BCUT2D eigenvalue weighted by Crippen LogP contribution is 2.26. The van der Waals surface area contributed by atoms with Crippen molar-refractivity contribution in [1.29, 1.82) is 0 Å². The maximum Gasteiger partial charge on any atom is 0.240 e. The standard InChI is InChI=1S/C15H29N3O2/c1-10(2)9-11(13(16)19)17-14(20)12-7-6-8-18(12)15(3,4)5/h10-12H,6-9H2,1-5H3,(H2,16,19)(H,17,20)/t11-,12-/m0/s1. The van der Waals surface area contributed by atoms with Gasteiger partial charge in [0.2, 0.25) is 11.8 Å². The van der Waals surface area contributed by atoms with Crippen LogP contribution in [0.15, 0.2) is 0 Å². The Kier molecular flexibility index (Phi) is 5.57. The van der Waals surface area contributed by atoms with Crippen molar-refractivity contribution < 1.29 is 9.59 Å². The summed E-state index contributed by atoms with van der Waals surface area (Å²) in [5.41, 5.74) is 5.34. The minimum atomic E-state index is -0.565. The topological polar surface area (TPSA) is 75.4 Å². The summed E-state index contributed by atoms with van der Waals surface area (Å²) in [6.45, 7) is 11.3. The van der Waals surface area contributed by atoms with E-state index in [2.05, 4.69) is 31.0 Å². The second kappa shape index (κ2) is 6.57. The van der Waals surface area contributed by atoms with Crippen LogP contribution in [0.1, 0.15) is 53.9 Å². The maximum atomic E-state index is 12.4. The van der Waals surface area contributed by atoms with Gasteiger partial charge >= 0.3 is 0 Å². The van der Waals surface area contributed by atoms with Crippen LogP contribution in [0.5, 0.6) is 0 Å². The number of carbonyl (C=O) groups excluding carboxylic acids is 2. The van der Waals surface area contributed by atoms with E-state index in [-0.39, 0.29) is 17.5 Å². The predicted octanol–water partition coefficient (Wildman–Crippen LogP) is 1.27. The van der Waals surface area contributed by atoms with Crippen LogP contribution in [0.2, 0.25) is 0 Å². The second-order valence-electron chi connectivity index (χ2n) is 7.12. The quantitative estimate of drug-likeness (QED) is 0.797. The van der Waals surface area contributed by atoms with Crippen molar-refractivity contribution in [3.05, 3.63) is 0 Å². The summed E-state index contributed by atoms with van der Waals surface area (Å²) in [6.07, 6.45) is 2.44. The Morgan fingerprint density at radius 2 is 1.95 bits per heavy atom. The van der Waals surface area contributed by atoms with Gasteiger partial charge in [-0.1, -0.05) is 13.8 Å². The lowest BCUT2D eigenvalue weighted by atomic mass is 10.0. The smallest absolute Gasteiger partial charge is 0.240 e. The average molecular weight is 283 g/mol. The van der Waals surface area contributed by atoms with Crippen molar-refractivity contribution in [3.8, 4) is 0 Å². The first kappa shape index (κ1) is 17.0. The number of primary amides is 1. The maximum absolute atomic E-state index is 12.4. The van der Waals surface area contributed by atoms with Gasteiger partial charge in [0.25, 0.3) is 0 Å². The summed E-state index contributed by atoms with van der Waals surface area (Å²) in [5, 5.41) is 2.84. The summed E-state index contributed by atoms with van der Waals surface area (Å²) in [6, 6.07) is -0.714. The van der Waals surface area contributed by atoms with Crippen molar-refractivity contribution in [1.82, 2.24) is 10.2 Å². The van der Waals surface area contributed by atoms with Gasteiger partial charge in [0.15, 0.2) is 0 Å². The van der Waals surface area contributed by atoms with E-state index < -0.39 is 11.9 Å². The van der Waals surface area contributed by atoms with Gasteiger partial charge in [0, 0.05) is 5.54 Å². The lowest BCUT2D eigenvalue weighted by Crippen LogP contribution is -2.55. The molecule has 2 amide bonds. The van der Waals surface area contributed by atoms with Crippen LogP contribution in [0.25, 0.3) is 0 Å². The highest BCUT2D eigenvalue weighted by atomic mass is 16.2. The van der Waals surface area contributed by atoms with Crippen LogP contribution in [0.4, 0.5) is 0 Å². The predicted molar refractivity (Wildman–Crippen MR) is 80.1 cm³/mol. The molecular weight excluding hydrogens is 254 g/mol. The Balaban J connectivity index is 2.71. The van der Waals surface area contributed by atoms with E-state index in [1.807, 2.05) is 13.8 Å². The molecule has 0 radical (unpaired) electrons. The van der Waals surface area contributed by atoms with Crippen LogP contribution in [-0.2, 0) is 9.59 Å². The molecule has 1 fully saturated rings. The minimum Gasteiger partial charge on any atom is -0.368 e. The Morgan fingerprint density at radius 1 is 1.35 bits per heavy atom. The number of nitrogens with zero attached hydrogens (tertiary/aromatic N) is 1. The van der Waals surface area contributed by atoms with E-state index >= 15 is 0 Å². The molecule has 1 rings (SSSR count). The molecule has 5 nitrogen and oxygen atoms in total. The number of likely N-dealkylation sites (tertiary alicyclic amines) is 1. The summed E-state index contributed by atoms with van der Waals surface area (Å²) in [4.78, 5) is 26.1. The summed E-state index contributed by atoms with van der Waals surface area (Å²) in [7, 11) is 0. The van der Waals surface area contributed by atoms with Crippen molar-refractivity contribution >= 4 is 11.8 Å². The van der Waals surface area contributed by atoms with E-state index in [0.29, 0.717) is 12.3 Å². The number of hydrogen-bond donors (Lipinski definition) is 2. The van der Waals surface area contributed by atoms with Gasteiger partial charge in [-0.15, -0.1) is 0 Å². The normalized spacial score (nSPS) is 22.0. The Bertz CT molecular complexity index is 361. The lowest BCUT2D eigenvalue weighted by molar-refractivity contribution is -0.131. The van der Waals surface area contributed by atoms with E-state index in [1.54, 1.807) is 0 Å². The molecule has 1 heterocycles. The molecule has 0 bridgehead atoms. The van der Waals surface area contributed by atoms with Crippen LogP contribution in [0.3, 0.4) is 0 Å². The summed E-state index contributed by atoms with van der Waals surface area (Å²) < 4.78 is 0. The minimum absolute atomic E-state index is 0.0429. The lowest BCUT2D eigenvalue weighted by Gasteiger charge is -2.36. The zero-order valence-electron chi connectivity index (χ0n) is 13.4. The fraction of sp³-hybridized carbons (Fsp3) is 0.867. The van der Waals surface area contributed by atoms with Crippen molar-refractivity contribution in [3.63, 3.8) is 0 Å². The Labute approximate surface area is 122 Å². The molecule has 0 saturated carbocycles. The van der Waals surface area contributed by atoms with Crippen LogP contribution >= 0.6 is 0 Å². The van der Waals surface area contributed by atoms with Gasteiger partial charge in [0.1, 0.15) is 6.04 Å². The SMILES string of the molecule is CC(C)C[C@H](NC(=O)[C@@H]1CCCN1C(C)(C)C)C(N)=O. The van der Waals surface area contributed by atoms with Gasteiger partial charge in [-0.25, -0.2) is 0 Å². The van der Waals surface area contributed by atoms with E-state index in [1.165, 1.54) is 0 Å². The van der Waals surface area contributed by atoms with E-state index in [4.69, 9.17) is 5.73 Å². The molecule has 0 aromatic rings. The first-order valence-electron chi connectivity index (χ1n) is 7.49. The van der Waals surface area contributed by atoms with Crippen LogP contribution in [0, 0.1) is 5.92 Å². The number of hydrogen-bond acceptors (Lipinski definition) is 3. The molecule has 0 spiro atoms. The van der Waals surface area contributed by atoms with Crippen LogP contribution in [-0.4, -0.2) is 40.9 Å². The van der Waals surface area contributed by atoms with Crippen LogP contribution < -0.4 is 11.1 Å². The molecule has 0 unspecified atom stereocenters. The number of amides is 2. The number of nitrogens with one attached hydrogen (secondary N) is 1. The Morgan fingerprint density at radius 3 is 2.40 bits per heavy atom. The summed E-state index contributed by atoms with van der Waals surface area (Å²) in [5.74, 6) is -0.204. The fourth-order valence-corrected chi connectivity index (χ4v) is 2.83. The molecule has 0 aromatic heterocycles. The molecule has 5 heteroatoms. The van der Waals surface area contributed by atoms with Gasteiger partial charge in [0.05, 0.1) is 6.04 Å². The molecule has 0 aliphatic carbocycles. The molecular formula is C15H29N3O2. The van der Waals surface area contributed by atoms with Gasteiger partial charge < -0.3 is 11.1 Å². The van der Waals surface area contributed by atoms with Crippen molar-refractivity contribution in [2.24, 2.45) is 11.7 Å². The third-order valence-corrected chi connectivity index (χ3v) is 3.78. The molecule has 116 valence electrons. The molecule has 1 aliphatic rings. The third kappa shape index (κ3) is 4.47. The van der Waals surface area contributed by atoms with Gasteiger partial charge in [-0.3, -0.25) is 14.5 Å². The number of carbonyl (C=O) groups is 2. The molecule has 1 saturated heterocycles. The number of nitrogens with two attached hydrogens (primary N) is 1. The van der Waals surface area contributed by atoms with E-state index in [0.717, 1.165) is 19.4 Å². The van der Waals surface area contributed by atoms with Crippen molar-refractivity contribution in [2.45, 2.75) is 71.5 Å². The largest absolute Gasteiger partial charge is 0.368 e. The first-order chi connectivity index (χ1) is 9.12. The molecule has 3 N–H and O–H groups in total.